The Morgan fingerprint density at radius 3 is 2.59 bits per heavy atom. The standard InChI is InChI=1S/C19H12AsF3NO3/c1-27-11-5-2-4-10(8-11)13-9-14(21)15(17(23)16(13)22)20-18-12(19(25)26)6-3-7-24-18/h2-9H,1H3,(H,25,26). The predicted octanol–water partition coefficient (Wildman–Crippen LogP) is 2.53. The zero-order chi connectivity index (χ0) is 19.6. The van der Waals surface area contributed by atoms with E-state index in [9.17, 15) is 23.1 Å². The fraction of sp³-hybridized carbons (Fsp3) is 0.0526. The summed E-state index contributed by atoms with van der Waals surface area (Å²) in [5.41, 5.74) is -0.140. The number of rotatable bonds is 5. The van der Waals surface area contributed by atoms with E-state index in [4.69, 9.17) is 4.74 Å². The molecule has 0 aliphatic rings. The van der Waals surface area contributed by atoms with Crippen LogP contribution < -0.4 is 13.6 Å². The molecule has 0 saturated heterocycles. The number of aromatic nitrogens is 1. The van der Waals surface area contributed by atoms with Crippen molar-refractivity contribution in [1.82, 2.24) is 4.98 Å². The van der Waals surface area contributed by atoms with Crippen LogP contribution in [0.25, 0.3) is 11.1 Å². The van der Waals surface area contributed by atoms with Gasteiger partial charge in [0.2, 0.25) is 0 Å². The molecule has 27 heavy (non-hydrogen) atoms. The molecule has 0 fully saturated rings. The molecule has 137 valence electrons. The monoisotopic (exact) mass is 434 g/mol. The number of carboxylic acids is 1. The van der Waals surface area contributed by atoms with Gasteiger partial charge in [0, 0.05) is 0 Å². The summed E-state index contributed by atoms with van der Waals surface area (Å²) in [6.45, 7) is 0. The van der Waals surface area contributed by atoms with Crippen molar-refractivity contribution in [2.24, 2.45) is 0 Å². The average Bonchev–Trinajstić information content (AvgIpc) is 2.68. The normalized spacial score (nSPS) is 11.1. The average molecular weight is 434 g/mol. The number of hydrogen-bond donors (Lipinski definition) is 1. The number of benzene rings is 2. The molecule has 8 heteroatoms. The molecule has 0 bridgehead atoms. The number of aromatic carboxylic acids is 1. The minimum absolute atomic E-state index is 0.0348. The van der Waals surface area contributed by atoms with Crippen molar-refractivity contribution < 1.29 is 27.8 Å². The number of ether oxygens (including phenoxy) is 1. The molecule has 1 aromatic heterocycles. The van der Waals surface area contributed by atoms with E-state index in [-0.39, 0.29) is 21.2 Å². The second kappa shape index (κ2) is 7.84. The summed E-state index contributed by atoms with van der Waals surface area (Å²) in [5.74, 6) is -4.34. The second-order valence-corrected chi connectivity index (χ2v) is 7.70. The molecule has 3 rings (SSSR count). The fourth-order valence-electron chi connectivity index (χ4n) is 2.45. The molecule has 0 atom stereocenters. The van der Waals surface area contributed by atoms with E-state index in [0.717, 1.165) is 6.07 Å². The number of methoxy groups -OCH3 is 1. The number of carboxylic acid groups (broad SMARTS) is 1. The number of hydrogen-bond acceptors (Lipinski definition) is 3. The molecule has 0 amide bonds. The van der Waals surface area contributed by atoms with E-state index in [1.807, 2.05) is 0 Å². The van der Waals surface area contributed by atoms with Crippen molar-refractivity contribution in [2.75, 3.05) is 7.11 Å². The third-order valence-corrected chi connectivity index (χ3v) is 6.27. The molecule has 0 aliphatic carbocycles. The van der Waals surface area contributed by atoms with Crippen molar-refractivity contribution in [3.8, 4) is 16.9 Å². The first-order chi connectivity index (χ1) is 12.9. The van der Waals surface area contributed by atoms with Gasteiger partial charge < -0.3 is 0 Å². The molecule has 4 nitrogen and oxygen atoms in total. The van der Waals surface area contributed by atoms with Crippen LogP contribution in [0.2, 0.25) is 0 Å². The second-order valence-electron chi connectivity index (χ2n) is 5.41. The van der Waals surface area contributed by atoms with Crippen molar-refractivity contribution in [1.29, 1.82) is 0 Å². The molecule has 0 unspecified atom stereocenters. The first kappa shape index (κ1) is 19.0. The molecule has 0 spiro atoms. The van der Waals surface area contributed by atoms with E-state index < -0.39 is 43.5 Å². The molecular formula is C19H12AsF3NO3. The Balaban J connectivity index is 2.07. The summed E-state index contributed by atoms with van der Waals surface area (Å²) in [7, 11) is 1.43. The summed E-state index contributed by atoms with van der Waals surface area (Å²) >= 11 is -1.51. The summed E-state index contributed by atoms with van der Waals surface area (Å²) in [4.78, 5) is 15.1. The quantitative estimate of drug-likeness (QED) is 0.496. The van der Waals surface area contributed by atoms with Gasteiger partial charge in [-0.05, 0) is 0 Å². The molecule has 1 radical (unpaired) electrons. The maximum atomic E-state index is 14.6. The fourth-order valence-corrected chi connectivity index (χ4v) is 4.53. The molecule has 2 aromatic carbocycles. The third-order valence-electron chi connectivity index (χ3n) is 3.75. The molecule has 0 aliphatic heterocycles. The van der Waals surface area contributed by atoms with E-state index in [2.05, 4.69) is 4.98 Å². The summed E-state index contributed by atoms with van der Waals surface area (Å²) in [6.07, 6.45) is 1.33. The Labute approximate surface area is 159 Å². The molecule has 0 saturated carbocycles. The van der Waals surface area contributed by atoms with Crippen LogP contribution in [0.3, 0.4) is 0 Å². The number of halogens is 3. The van der Waals surface area contributed by atoms with Crippen molar-refractivity contribution in [3.63, 3.8) is 0 Å². The molecule has 1 N–H and O–H groups in total. The summed E-state index contributed by atoms with van der Waals surface area (Å²) < 4.78 is 48.4. The number of nitrogens with zero attached hydrogens (tertiary/aromatic N) is 1. The Hall–Kier alpha value is -2.79. The van der Waals surface area contributed by atoms with Gasteiger partial charge in [-0.1, -0.05) is 0 Å². The Morgan fingerprint density at radius 2 is 1.89 bits per heavy atom. The van der Waals surface area contributed by atoms with Crippen LogP contribution in [0.1, 0.15) is 10.4 Å². The zero-order valence-corrected chi connectivity index (χ0v) is 15.8. The van der Waals surface area contributed by atoms with Crippen LogP contribution >= 0.6 is 0 Å². The van der Waals surface area contributed by atoms with Gasteiger partial charge >= 0.3 is 159 Å². The van der Waals surface area contributed by atoms with E-state index in [1.54, 1.807) is 12.1 Å². The summed E-state index contributed by atoms with van der Waals surface area (Å²) in [5, 5.41) is 9.18. The molecular weight excluding hydrogens is 422 g/mol. The first-order valence-electron chi connectivity index (χ1n) is 7.64. The van der Waals surface area contributed by atoms with Crippen LogP contribution in [-0.4, -0.2) is 38.9 Å². The molecule has 3 aromatic rings. The predicted molar refractivity (Wildman–Crippen MR) is 94.5 cm³/mol. The Bertz CT molecular complexity index is 1030. The van der Waals surface area contributed by atoms with Crippen LogP contribution in [0.15, 0.2) is 48.7 Å². The van der Waals surface area contributed by atoms with Gasteiger partial charge in [0.05, 0.1) is 0 Å². The van der Waals surface area contributed by atoms with Crippen molar-refractivity contribution in [3.05, 3.63) is 71.7 Å². The van der Waals surface area contributed by atoms with Gasteiger partial charge in [0.1, 0.15) is 0 Å². The van der Waals surface area contributed by atoms with Crippen molar-refractivity contribution in [2.45, 2.75) is 0 Å². The van der Waals surface area contributed by atoms with Gasteiger partial charge in [-0.3, -0.25) is 0 Å². The van der Waals surface area contributed by atoms with Gasteiger partial charge in [-0.15, -0.1) is 0 Å². The molecule has 1 heterocycles. The van der Waals surface area contributed by atoms with Crippen LogP contribution in [0.4, 0.5) is 13.2 Å². The summed E-state index contributed by atoms with van der Waals surface area (Å²) in [6, 6.07) is 9.78. The van der Waals surface area contributed by atoms with Crippen LogP contribution in [-0.2, 0) is 0 Å². The van der Waals surface area contributed by atoms with Crippen LogP contribution in [0.5, 0.6) is 5.75 Å². The Kier molecular flexibility index (Phi) is 5.51. The first-order valence-corrected chi connectivity index (χ1v) is 9.52. The van der Waals surface area contributed by atoms with Gasteiger partial charge in [0.15, 0.2) is 0 Å². The third kappa shape index (κ3) is 3.83. The number of pyridine rings is 1. The number of carbonyl (C=O) groups is 1. The van der Waals surface area contributed by atoms with E-state index in [0.29, 0.717) is 5.75 Å². The van der Waals surface area contributed by atoms with Gasteiger partial charge in [-0.25, -0.2) is 0 Å². The maximum absolute atomic E-state index is 14.6. The van der Waals surface area contributed by atoms with Crippen molar-refractivity contribution >= 4 is 30.6 Å². The minimum atomic E-state index is -1.51. The van der Waals surface area contributed by atoms with Gasteiger partial charge in [0.25, 0.3) is 0 Å². The van der Waals surface area contributed by atoms with E-state index >= 15 is 0 Å². The SMILES string of the molecule is COc1cccc(-c2cc(F)c([As]c3ncccc3C(=O)O)c(F)c2F)c1. The van der Waals surface area contributed by atoms with Gasteiger partial charge in [-0.2, -0.15) is 0 Å². The van der Waals surface area contributed by atoms with Crippen LogP contribution in [0, 0.1) is 17.5 Å². The zero-order valence-electron chi connectivity index (χ0n) is 13.9. The Morgan fingerprint density at radius 1 is 1.11 bits per heavy atom. The topological polar surface area (TPSA) is 59.4 Å². The van der Waals surface area contributed by atoms with E-state index in [1.165, 1.54) is 37.6 Å².